The summed E-state index contributed by atoms with van der Waals surface area (Å²) < 4.78 is 5.18. The molecule has 0 radical (unpaired) electrons. The van der Waals surface area contributed by atoms with Crippen LogP contribution in [-0.4, -0.2) is 47.8 Å². The monoisotopic (exact) mass is 264 g/mol. The molecule has 1 aromatic heterocycles. The molecule has 2 heterocycles. The summed E-state index contributed by atoms with van der Waals surface area (Å²) in [5.74, 6) is -0.320. The average molecular weight is 264 g/mol. The third-order valence-corrected chi connectivity index (χ3v) is 3.60. The first kappa shape index (κ1) is 14.0. The number of aromatic carboxylic acids is 1. The molecule has 1 saturated heterocycles. The predicted molar refractivity (Wildman–Crippen MR) is 71.1 cm³/mol. The van der Waals surface area contributed by atoms with E-state index in [1.54, 1.807) is 13.2 Å². The van der Waals surface area contributed by atoms with Crippen LogP contribution >= 0.6 is 0 Å². The molecular formula is C14H20N2O3. The van der Waals surface area contributed by atoms with Crippen LogP contribution in [0.15, 0.2) is 18.3 Å². The topological polar surface area (TPSA) is 62.7 Å². The van der Waals surface area contributed by atoms with Gasteiger partial charge in [0.15, 0.2) is 5.69 Å². The van der Waals surface area contributed by atoms with Gasteiger partial charge in [0.05, 0.1) is 0 Å². The Bertz CT molecular complexity index is 428. The second-order valence-corrected chi connectivity index (χ2v) is 4.99. The number of carboxylic acid groups (broad SMARTS) is 1. The largest absolute Gasteiger partial charge is 0.477 e. The van der Waals surface area contributed by atoms with Crippen molar-refractivity contribution in [3.63, 3.8) is 0 Å². The summed E-state index contributed by atoms with van der Waals surface area (Å²) in [5.41, 5.74) is 0.960. The fourth-order valence-electron chi connectivity index (χ4n) is 2.55. The highest BCUT2D eigenvalue weighted by Crippen LogP contribution is 2.19. The zero-order valence-corrected chi connectivity index (χ0v) is 11.2. The van der Waals surface area contributed by atoms with Crippen molar-refractivity contribution in [2.45, 2.75) is 19.4 Å². The molecule has 0 aromatic carbocycles. The molecule has 5 nitrogen and oxygen atoms in total. The first-order valence-electron chi connectivity index (χ1n) is 6.59. The summed E-state index contributed by atoms with van der Waals surface area (Å²) in [6, 6.07) is 3.64. The normalized spacial score (nSPS) is 17.5. The van der Waals surface area contributed by atoms with E-state index in [1.807, 2.05) is 6.07 Å². The highest BCUT2D eigenvalue weighted by molar-refractivity contribution is 5.86. The summed E-state index contributed by atoms with van der Waals surface area (Å²) in [4.78, 5) is 17.3. The summed E-state index contributed by atoms with van der Waals surface area (Å²) in [6.07, 6.45) is 3.74. The van der Waals surface area contributed by atoms with Crippen molar-refractivity contribution in [1.29, 1.82) is 0 Å². The van der Waals surface area contributed by atoms with Gasteiger partial charge in [0.2, 0.25) is 0 Å². The van der Waals surface area contributed by atoms with Crippen LogP contribution < -0.4 is 0 Å². The molecule has 0 bridgehead atoms. The van der Waals surface area contributed by atoms with Crippen LogP contribution in [-0.2, 0) is 11.3 Å². The maximum absolute atomic E-state index is 11.1. The molecule has 2 rings (SSSR count). The predicted octanol–water partition coefficient (Wildman–Crippen LogP) is 1.64. The number of ether oxygens (including phenoxy) is 1. The molecule has 5 heteroatoms. The molecule has 1 aliphatic heterocycles. The van der Waals surface area contributed by atoms with Crippen LogP contribution in [0.4, 0.5) is 0 Å². The van der Waals surface area contributed by atoms with Crippen LogP contribution in [0, 0.1) is 5.92 Å². The van der Waals surface area contributed by atoms with Gasteiger partial charge < -0.3 is 9.84 Å². The minimum atomic E-state index is -0.954. The van der Waals surface area contributed by atoms with Crippen molar-refractivity contribution >= 4 is 5.97 Å². The average Bonchev–Trinajstić information content (AvgIpc) is 2.42. The number of hydrogen-bond donors (Lipinski definition) is 1. The van der Waals surface area contributed by atoms with E-state index in [4.69, 9.17) is 9.84 Å². The Morgan fingerprint density at radius 1 is 1.53 bits per heavy atom. The highest BCUT2D eigenvalue weighted by Gasteiger charge is 2.21. The van der Waals surface area contributed by atoms with Crippen molar-refractivity contribution < 1.29 is 14.6 Å². The lowest BCUT2D eigenvalue weighted by Crippen LogP contribution is -2.35. The molecule has 19 heavy (non-hydrogen) atoms. The molecule has 0 aliphatic carbocycles. The molecule has 1 aliphatic rings. The van der Waals surface area contributed by atoms with E-state index in [1.165, 1.54) is 6.20 Å². The lowest BCUT2D eigenvalue weighted by molar-refractivity contribution is 0.0685. The molecule has 1 N–H and O–H groups in total. The van der Waals surface area contributed by atoms with Crippen LogP contribution in [0.1, 0.15) is 28.9 Å². The minimum absolute atomic E-state index is 0.168. The zero-order valence-electron chi connectivity index (χ0n) is 11.2. The van der Waals surface area contributed by atoms with Gasteiger partial charge in [-0.1, -0.05) is 6.07 Å². The molecule has 104 valence electrons. The van der Waals surface area contributed by atoms with Gasteiger partial charge in [-0.25, -0.2) is 9.78 Å². The smallest absolute Gasteiger partial charge is 0.354 e. The fourth-order valence-corrected chi connectivity index (χ4v) is 2.55. The summed E-state index contributed by atoms with van der Waals surface area (Å²) in [5, 5.41) is 9.11. The number of piperidine rings is 1. The Labute approximate surface area is 113 Å². The van der Waals surface area contributed by atoms with E-state index in [9.17, 15) is 4.79 Å². The van der Waals surface area contributed by atoms with Crippen molar-refractivity contribution in [2.24, 2.45) is 5.92 Å². The van der Waals surface area contributed by atoms with Gasteiger partial charge in [-0.15, -0.1) is 0 Å². The summed E-state index contributed by atoms with van der Waals surface area (Å²) >= 11 is 0. The van der Waals surface area contributed by atoms with Gasteiger partial charge >= 0.3 is 5.97 Å². The van der Waals surface area contributed by atoms with Crippen molar-refractivity contribution in [2.75, 3.05) is 26.8 Å². The Hall–Kier alpha value is -1.46. The highest BCUT2D eigenvalue weighted by atomic mass is 16.5. The fraction of sp³-hybridized carbons (Fsp3) is 0.571. The second-order valence-electron chi connectivity index (χ2n) is 4.99. The quantitative estimate of drug-likeness (QED) is 0.876. The van der Waals surface area contributed by atoms with Crippen LogP contribution in [0.3, 0.4) is 0 Å². The number of aromatic nitrogens is 1. The van der Waals surface area contributed by atoms with Crippen molar-refractivity contribution in [3.05, 3.63) is 29.6 Å². The molecular weight excluding hydrogens is 244 g/mol. The maximum Gasteiger partial charge on any atom is 0.354 e. The number of rotatable bonds is 5. The molecule has 0 atom stereocenters. The van der Waals surface area contributed by atoms with Crippen LogP contribution in [0.25, 0.3) is 0 Å². The number of carboxylic acids is 1. The second kappa shape index (κ2) is 6.63. The third kappa shape index (κ3) is 3.75. The number of carbonyl (C=O) groups is 1. The first-order valence-corrected chi connectivity index (χ1v) is 6.59. The number of hydrogen-bond acceptors (Lipinski definition) is 4. The maximum atomic E-state index is 11.1. The number of nitrogens with zero attached hydrogens (tertiary/aromatic N) is 2. The van der Waals surface area contributed by atoms with E-state index in [-0.39, 0.29) is 5.69 Å². The van der Waals surface area contributed by atoms with E-state index < -0.39 is 5.97 Å². The van der Waals surface area contributed by atoms with E-state index in [2.05, 4.69) is 9.88 Å². The zero-order chi connectivity index (χ0) is 13.7. The number of likely N-dealkylation sites (tertiary alicyclic amines) is 1. The molecule has 0 amide bonds. The SMILES string of the molecule is COCC1CCN(Cc2cccnc2C(=O)O)CC1. The van der Waals surface area contributed by atoms with Crippen molar-refractivity contribution in [1.82, 2.24) is 9.88 Å². The number of pyridine rings is 1. The Kier molecular flexibility index (Phi) is 4.87. The summed E-state index contributed by atoms with van der Waals surface area (Å²) in [6.45, 7) is 3.46. The van der Waals surface area contributed by atoms with E-state index >= 15 is 0 Å². The molecule has 1 aromatic rings. The van der Waals surface area contributed by atoms with Gasteiger partial charge in [-0.05, 0) is 43.5 Å². The Balaban J connectivity index is 1.94. The molecule has 0 saturated carbocycles. The standard InChI is InChI=1S/C14H20N2O3/c1-19-10-11-4-7-16(8-5-11)9-12-3-2-6-15-13(12)14(17)18/h2-3,6,11H,4-5,7-10H2,1H3,(H,17,18). The van der Waals surface area contributed by atoms with Crippen LogP contribution in [0.2, 0.25) is 0 Å². The first-order chi connectivity index (χ1) is 9.20. The molecule has 0 spiro atoms. The Morgan fingerprint density at radius 3 is 2.89 bits per heavy atom. The lowest BCUT2D eigenvalue weighted by atomic mass is 9.97. The van der Waals surface area contributed by atoms with E-state index in [0.717, 1.165) is 38.1 Å². The third-order valence-electron chi connectivity index (χ3n) is 3.60. The minimum Gasteiger partial charge on any atom is -0.477 e. The summed E-state index contributed by atoms with van der Waals surface area (Å²) in [7, 11) is 1.74. The van der Waals surface area contributed by atoms with Crippen LogP contribution in [0.5, 0.6) is 0 Å². The van der Waals surface area contributed by atoms with Crippen molar-refractivity contribution in [3.8, 4) is 0 Å². The molecule has 1 fully saturated rings. The van der Waals surface area contributed by atoms with Gasteiger partial charge in [0.25, 0.3) is 0 Å². The van der Waals surface area contributed by atoms with Gasteiger partial charge in [0, 0.05) is 26.5 Å². The van der Waals surface area contributed by atoms with Gasteiger partial charge in [-0.2, -0.15) is 0 Å². The van der Waals surface area contributed by atoms with Gasteiger partial charge in [0.1, 0.15) is 0 Å². The number of methoxy groups -OCH3 is 1. The lowest BCUT2D eigenvalue weighted by Gasteiger charge is -2.31. The molecule has 0 unspecified atom stereocenters. The Morgan fingerprint density at radius 2 is 2.26 bits per heavy atom. The van der Waals surface area contributed by atoms with E-state index in [0.29, 0.717) is 12.5 Å². The van der Waals surface area contributed by atoms with Gasteiger partial charge in [-0.3, -0.25) is 4.90 Å².